The van der Waals surface area contributed by atoms with Gasteiger partial charge in [-0.15, -0.1) is 0 Å². The zero-order valence-electron chi connectivity index (χ0n) is 47.5. The van der Waals surface area contributed by atoms with E-state index >= 15 is 4.39 Å². The highest BCUT2D eigenvalue weighted by atomic mass is 35.5. The molecular formula is C56H74Cl2FN9O15. The molecule has 2 saturated heterocycles. The topological polar surface area (TPSA) is 331 Å². The number of aliphatic hydroxyl groups is 2. The van der Waals surface area contributed by atoms with Crippen LogP contribution in [0, 0.1) is 17.7 Å². The lowest BCUT2D eigenvalue weighted by Gasteiger charge is -2.42. The summed E-state index contributed by atoms with van der Waals surface area (Å²) in [7, 11) is 4.29. The number of halogens is 3. The van der Waals surface area contributed by atoms with Gasteiger partial charge < -0.3 is 70.7 Å². The number of carbonyl (C=O) groups is 8. The minimum absolute atomic E-state index is 0.00845. The molecule has 83 heavy (non-hydrogen) atoms. The van der Waals surface area contributed by atoms with Crippen LogP contribution >= 0.6 is 23.2 Å². The van der Waals surface area contributed by atoms with Gasteiger partial charge in [-0.2, -0.15) is 0 Å². The van der Waals surface area contributed by atoms with Crippen molar-refractivity contribution in [2.45, 2.75) is 146 Å². The van der Waals surface area contributed by atoms with Crippen LogP contribution in [-0.2, 0) is 49.3 Å². The molecular weight excluding hydrogens is 1130 g/mol. The lowest BCUT2D eigenvalue weighted by Crippen LogP contribution is -2.63. The summed E-state index contributed by atoms with van der Waals surface area (Å²) in [5, 5.41) is 36.7. The van der Waals surface area contributed by atoms with Crippen LogP contribution in [0.2, 0.25) is 10.0 Å². The van der Waals surface area contributed by atoms with Gasteiger partial charge in [-0.3, -0.25) is 34.6 Å². The van der Waals surface area contributed by atoms with E-state index < -0.39 is 126 Å². The van der Waals surface area contributed by atoms with Crippen molar-refractivity contribution >= 4 is 88.0 Å². The number of nitrogens with one attached hydrogen (secondary N) is 6. The average molecular weight is 1200 g/mol. The van der Waals surface area contributed by atoms with E-state index in [0.29, 0.717) is 37.8 Å². The number of hydrogen-bond acceptors (Lipinski definition) is 15. The lowest BCUT2D eigenvalue weighted by atomic mass is 9.83. The summed E-state index contributed by atoms with van der Waals surface area (Å²) in [6.45, 7) is 8.84. The van der Waals surface area contributed by atoms with E-state index in [4.69, 9.17) is 52.6 Å². The molecule has 0 aliphatic carbocycles. The first-order valence-corrected chi connectivity index (χ1v) is 27.9. The number of benzene rings is 2. The van der Waals surface area contributed by atoms with Crippen LogP contribution in [0.15, 0.2) is 60.2 Å². The molecule has 6 rings (SSSR count). The molecule has 0 radical (unpaired) electrons. The number of urea groups is 1. The van der Waals surface area contributed by atoms with Crippen molar-refractivity contribution in [1.82, 2.24) is 26.2 Å². The third-order valence-electron chi connectivity index (χ3n) is 14.9. The van der Waals surface area contributed by atoms with Crippen molar-refractivity contribution in [1.29, 1.82) is 0 Å². The Morgan fingerprint density at radius 2 is 1.72 bits per heavy atom. The Kier molecular flexibility index (Phi) is 22.4. The maximum atomic E-state index is 16.1. The predicted octanol–water partition coefficient (Wildman–Crippen LogP) is 5.46. The zero-order valence-corrected chi connectivity index (χ0v) is 49.0. The highest BCUT2D eigenvalue weighted by Gasteiger charge is 2.64. The predicted molar refractivity (Wildman–Crippen MR) is 304 cm³/mol. The Morgan fingerprint density at radius 3 is 2.39 bits per heavy atom. The molecule has 0 aromatic heterocycles. The first-order chi connectivity index (χ1) is 39.2. The molecule has 454 valence electrons. The minimum Gasteiger partial charge on any atom is -0.495 e. The van der Waals surface area contributed by atoms with E-state index in [1.54, 1.807) is 58.1 Å². The molecule has 10 atom stereocenters. The van der Waals surface area contributed by atoms with E-state index in [1.165, 1.54) is 43.2 Å². The molecule has 2 aromatic rings. The molecule has 4 aliphatic heterocycles. The number of fused-ring (bicyclic) bond motifs is 5. The summed E-state index contributed by atoms with van der Waals surface area (Å²) in [6, 6.07) is 1.95. The van der Waals surface area contributed by atoms with Crippen LogP contribution in [0.3, 0.4) is 0 Å². The number of hydrogen-bond donors (Lipinski definition) is 9. The normalized spacial score (nSPS) is 26.0. The van der Waals surface area contributed by atoms with Crippen molar-refractivity contribution in [2.75, 3.05) is 49.9 Å². The van der Waals surface area contributed by atoms with Crippen LogP contribution in [0.25, 0.3) is 0 Å². The third kappa shape index (κ3) is 16.8. The van der Waals surface area contributed by atoms with E-state index in [2.05, 4.69) is 31.9 Å². The van der Waals surface area contributed by atoms with Crippen LogP contribution in [0.1, 0.15) is 91.5 Å². The van der Waals surface area contributed by atoms with Gasteiger partial charge in [-0.05, 0) is 81.7 Å². The lowest BCUT2D eigenvalue weighted by molar-refractivity contribution is -0.142. The second kappa shape index (κ2) is 28.5. The van der Waals surface area contributed by atoms with Crippen molar-refractivity contribution in [3.05, 3.63) is 81.6 Å². The summed E-state index contributed by atoms with van der Waals surface area (Å²) in [5.41, 5.74) is 2.89. The van der Waals surface area contributed by atoms with Gasteiger partial charge in [0.25, 0.3) is 0 Å². The van der Waals surface area contributed by atoms with E-state index in [1.807, 2.05) is 6.92 Å². The molecule has 10 N–H and O–H groups in total. The van der Waals surface area contributed by atoms with Crippen molar-refractivity contribution in [3.8, 4) is 5.75 Å². The van der Waals surface area contributed by atoms with Gasteiger partial charge in [0.1, 0.15) is 58.8 Å². The summed E-state index contributed by atoms with van der Waals surface area (Å²) in [4.78, 5) is 108. The molecule has 27 heteroatoms. The Labute approximate surface area is 490 Å². The number of unbranched alkanes of at least 4 members (excludes halogenated alkanes) is 2. The molecule has 24 nitrogen and oxygen atoms in total. The first-order valence-electron chi connectivity index (χ1n) is 27.1. The number of nitrogens with zero attached hydrogens (tertiary/aromatic N) is 2. The van der Waals surface area contributed by atoms with E-state index in [9.17, 15) is 48.6 Å². The number of allylic oxidation sites excluding steroid dienone is 3. The molecule has 2 fully saturated rings. The highest BCUT2D eigenvalue weighted by Crippen LogP contribution is 2.49. The molecule has 4 heterocycles. The van der Waals surface area contributed by atoms with Gasteiger partial charge in [0.05, 0.1) is 41.7 Å². The third-order valence-corrected chi connectivity index (χ3v) is 15.6. The van der Waals surface area contributed by atoms with Gasteiger partial charge in [-0.1, -0.05) is 74.2 Å². The molecule has 9 amide bonds. The first kappa shape index (κ1) is 65.1. The zero-order chi connectivity index (χ0) is 61.1. The van der Waals surface area contributed by atoms with Crippen molar-refractivity contribution < 1.29 is 76.6 Å². The molecule has 0 saturated carbocycles. The Hall–Kier alpha value is -7.03. The van der Waals surface area contributed by atoms with Gasteiger partial charge in [0, 0.05) is 58.1 Å². The number of methoxy groups -OCH3 is 2. The Balaban J connectivity index is 1.18. The van der Waals surface area contributed by atoms with E-state index in [0.717, 1.165) is 17.7 Å². The Morgan fingerprint density at radius 1 is 0.988 bits per heavy atom. The van der Waals surface area contributed by atoms with Crippen LogP contribution in [0.4, 0.5) is 35.8 Å². The number of alkyl carbamates (subject to hydrolysis) is 1. The number of primary amides is 1. The molecule has 4 bridgehead atoms. The molecule has 4 aliphatic rings. The molecule has 0 spiro atoms. The summed E-state index contributed by atoms with van der Waals surface area (Å²) in [6.07, 6.45) is 1.61. The molecule has 2 aromatic carbocycles. The van der Waals surface area contributed by atoms with Crippen molar-refractivity contribution in [3.63, 3.8) is 0 Å². The second-order valence-electron chi connectivity index (χ2n) is 21.5. The highest BCUT2D eigenvalue weighted by molar-refractivity contribution is 6.35. The number of nitrogens with two attached hydrogens (primary N) is 1. The van der Waals surface area contributed by atoms with Crippen LogP contribution in [0.5, 0.6) is 5.75 Å². The quantitative estimate of drug-likeness (QED) is 0.0588. The number of amides is 9. The minimum atomic E-state index is -1.94. The number of ether oxygens (including phenoxy) is 5. The second-order valence-corrected chi connectivity index (χ2v) is 22.3. The summed E-state index contributed by atoms with van der Waals surface area (Å²) < 4.78 is 45.3. The van der Waals surface area contributed by atoms with Gasteiger partial charge in [0.2, 0.25) is 29.5 Å². The smallest absolute Gasteiger partial charge is 0.412 e. The van der Waals surface area contributed by atoms with Crippen LogP contribution < -0.4 is 47.3 Å². The maximum Gasteiger partial charge on any atom is 0.412 e. The van der Waals surface area contributed by atoms with Gasteiger partial charge in [0.15, 0.2) is 5.72 Å². The number of epoxide rings is 1. The van der Waals surface area contributed by atoms with Gasteiger partial charge >= 0.3 is 18.2 Å². The maximum absolute atomic E-state index is 16.1. The fraction of sp³-hybridized carbons (Fsp3) is 0.536. The van der Waals surface area contributed by atoms with E-state index in [-0.39, 0.29) is 65.3 Å². The number of rotatable bonds is 20. The van der Waals surface area contributed by atoms with Crippen molar-refractivity contribution in [2.24, 2.45) is 17.6 Å². The van der Waals surface area contributed by atoms with Gasteiger partial charge in [-0.25, -0.2) is 18.8 Å². The van der Waals surface area contributed by atoms with Crippen LogP contribution in [-0.4, -0.2) is 151 Å². The fourth-order valence-corrected chi connectivity index (χ4v) is 10.7. The largest absolute Gasteiger partial charge is 0.495 e. The average Bonchev–Trinajstić information content (AvgIpc) is 3.38. The monoisotopic (exact) mass is 1200 g/mol. The standard InChI is InChI=1S/C56H74Cl2FN9O15/c1-29(2)48(65-43(69)17-10-9-11-21-68-44(70)18-19-45(68)71)51(74)62-35(15-13-20-61-52(60)75)50(73)63-37-25-33(57)36(26-34(37)59)64-53(76)82-42-27-46(72)67(6)38-23-32(24-39(79-7)47(38)58)22-30(3)14-12-16-41(80-8)56(78)28-40(81-54(77)66-56)31(4)49-55(42,5)83-49/h12,14,16,18-19,23-26,29,31,35,40-42,44,48-49,70,78H,9-11,13,15,17,20-22,27-28H2,1-8H3,(H,62,74)(H,63,73)(H,64,76)(H,65,69)(H,66,77)(H3,60,61,75)/b16-12+,30-14+/t31-,35+,40+,41-,42+,44?,48+,49+,55+,56+/m1/s1. The SMILES string of the molecule is COc1cc2cc(c1Cl)N(C)C(=O)C[C@H](OC(=O)Nc1cc(F)c(NC(=O)[C@H](CCCNC(N)=O)NC(=O)[C@@H](NC(=O)CCCCCN3C(=O)C=CC3O)C(C)C)cc1Cl)[C@]1(C)O[C@H]1[C@H](C)[C@@H]1C[C@@](O)(NC(=O)O1)[C@H](OC)/C=C/C=C(\C)C2. The summed E-state index contributed by atoms with van der Waals surface area (Å²) in [5.74, 6) is -4.94. The number of carbonyl (C=O) groups excluding carboxylic acids is 8. The molecule has 1 unspecified atom stereocenters. The summed E-state index contributed by atoms with van der Waals surface area (Å²) >= 11 is 13.4. The number of aliphatic hydroxyl groups excluding tert-OH is 1. The fourth-order valence-electron chi connectivity index (χ4n) is 10.1. The Bertz CT molecular complexity index is 2880. The number of anilines is 3.